The molecule has 0 aliphatic heterocycles. The summed E-state index contributed by atoms with van der Waals surface area (Å²) in [6.07, 6.45) is -0.172. The van der Waals surface area contributed by atoms with Crippen LogP contribution in [0.2, 0.25) is 0 Å². The highest BCUT2D eigenvalue weighted by molar-refractivity contribution is 5.88. The van der Waals surface area contributed by atoms with Gasteiger partial charge in [0.1, 0.15) is 17.5 Å². The Hall–Kier alpha value is -1.59. The van der Waals surface area contributed by atoms with Crippen LogP contribution in [0.1, 0.15) is 61.3 Å². The minimum atomic E-state index is -0.768. The first-order valence-corrected chi connectivity index (χ1v) is 7.06. The van der Waals surface area contributed by atoms with E-state index in [1.807, 2.05) is 0 Å². The van der Waals surface area contributed by atoms with Crippen molar-refractivity contribution in [1.82, 2.24) is 4.90 Å². The van der Waals surface area contributed by atoms with E-state index < -0.39 is 29.4 Å². The molecule has 122 valence electrons. The molecule has 0 aromatic carbocycles. The second-order valence-electron chi connectivity index (χ2n) is 6.92. The van der Waals surface area contributed by atoms with Crippen LogP contribution in [0, 0.1) is 0 Å². The summed E-state index contributed by atoms with van der Waals surface area (Å²) in [5.41, 5.74) is -1.44. The topological polar surface area (TPSA) is 72.9 Å². The largest absolute Gasteiger partial charge is 0.443 e. The fourth-order valence-corrected chi connectivity index (χ4v) is 1.49. The first-order valence-electron chi connectivity index (χ1n) is 7.06. The molecule has 1 unspecified atom stereocenters. The van der Waals surface area contributed by atoms with Crippen LogP contribution >= 0.6 is 0 Å². The first kappa shape index (κ1) is 19.4. The average Bonchev–Trinajstić information content (AvgIpc) is 2.21. The second kappa shape index (κ2) is 7.43. The van der Waals surface area contributed by atoms with Crippen molar-refractivity contribution >= 4 is 18.5 Å². The minimum Gasteiger partial charge on any atom is -0.443 e. The van der Waals surface area contributed by atoms with Crippen LogP contribution in [0.25, 0.3) is 0 Å². The molecule has 0 aromatic rings. The van der Waals surface area contributed by atoms with E-state index in [2.05, 4.69) is 0 Å². The molecule has 0 aromatic heterocycles. The number of nitrogens with zero attached hydrogens (tertiary/aromatic N) is 1. The van der Waals surface area contributed by atoms with Crippen molar-refractivity contribution in [1.29, 1.82) is 0 Å². The van der Waals surface area contributed by atoms with Gasteiger partial charge in [-0.1, -0.05) is 0 Å². The van der Waals surface area contributed by atoms with Gasteiger partial charge in [0.05, 0.1) is 0 Å². The smallest absolute Gasteiger partial charge is 0.420 e. The van der Waals surface area contributed by atoms with Crippen LogP contribution in [0.15, 0.2) is 0 Å². The number of rotatable bonds is 4. The SMILES string of the molecule is CC(CCC=O)N(C(=O)OC(C)(C)C)C(=O)OC(C)(C)C. The fourth-order valence-electron chi connectivity index (χ4n) is 1.49. The third-order valence-corrected chi connectivity index (χ3v) is 2.32. The van der Waals surface area contributed by atoms with Gasteiger partial charge in [-0.2, -0.15) is 0 Å². The fraction of sp³-hybridized carbons (Fsp3) is 0.800. The normalized spacial score (nSPS) is 13.3. The molecule has 1 atom stereocenters. The van der Waals surface area contributed by atoms with E-state index in [0.29, 0.717) is 6.42 Å². The Morgan fingerprint density at radius 2 is 1.38 bits per heavy atom. The van der Waals surface area contributed by atoms with Gasteiger partial charge in [-0.15, -0.1) is 0 Å². The lowest BCUT2D eigenvalue weighted by molar-refractivity contribution is -0.108. The molecule has 0 spiro atoms. The van der Waals surface area contributed by atoms with Crippen LogP contribution in [-0.2, 0) is 14.3 Å². The molecule has 0 radical (unpaired) electrons. The van der Waals surface area contributed by atoms with Gasteiger partial charge in [0.15, 0.2) is 0 Å². The highest BCUT2D eigenvalue weighted by atomic mass is 16.6. The van der Waals surface area contributed by atoms with Gasteiger partial charge >= 0.3 is 12.2 Å². The Morgan fingerprint density at radius 1 is 1.00 bits per heavy atom. The lowest BCUT2D eigenvalue weighted by atomic mass is 10.1. The van der Waals surface area contributed by atoms with E-state index in [1.54, 1.807) is 48.5 Å². The van der Waals surface area contributed by atoms with E-state index in [0.717, 1.165) is 11.2 Å². The van der Waals surface area contributed by atoms with E-state index >= 15 is 0 Å². The molecule has 0 heterocycles. The number of hydrogen-bond donors (Lipinski definition) is 0. The van der Waals surface area contributed by atoms with Crippen LogP contribution in [0.5, 0.6) is 0 Å². The van der Waals surface area contributed by atoms with Crippen molar-refractivity contribution < 1.29 is 23.9 Å². The number of imide groups is 1. The maximum atomic E-state index is 12.2. The highest BCUT2D eigenvalue weighted by Gasteiger charge is 2.34. The summed E-state index contributed by atoms with van der Waals surface area (Å²) in [5, 5.41) is 0. The third-order valence-electron chi connectivity index (χ3n) is 2.32. The van der Waals surface area contributed by atoms with Crippen molar-refractivity contribution in [2.24, 2.45) is 0 Å². The summed E-state index contributed by atoms with van der Waals surface area (Å²) in [7, 11) is 0. The van der Waals surface area contributed by atoms with Gasteiger partial charge in [0.25, 0.3) is 0 Å². The lowest BCUT2D eigenvalue weighted by Gasteiger charge is -2.31. The lowest BCUT2D eigenvalue weighted by Crippen LogP contribution is -2.48. The van der Waals surface area contributed by atoms with E-state index in [1.165, 1.54) is 0 Å². The van der Waals surface area contributed by atoms with Gasteiger partial charge in [-0.25, -0.2) is 14.5 Å². The van der Waals surface area contributed by atoms with Crippen LogP contribution in [0.4, 0.5) is 9.59 Å². The molecule has 0 aliphatic carbocycles. The number of amides is 2. The summed E-state index contributed by atoms with van der Waals surface area (Å²) < 4.78 is 10.5. The Morgan fingerprint density at radius 3 is 1.67 bits per heavy atom. The summed E-state index contributed by atoms with van der Waals surface area (Å²) in [6.45, 7) is 12.0. The van der Waals surface area contributed by atoms with Gasteiger partial charge in [0, 0.05) is 12.5 Å². The van der Waals surface area contributed by atoms with Gasteiger partial charge in [-0.3, -0.25) is 0 Å². The van der Waals surface area contributed by atoms with Crippen molar-refractivity contribution in [3.8, 4) is 0 Å². The minimum absolute atomic E-state index is 0.253. The molecular weight excluding hydrogens is 274 g/mol. The quantitative estimate of drug-likeness (QED) is 0.743. The van der Waals surface area contributed by atoms with Crippen LogP contribution < -0.4 is 0 Å². The van der Waals surface area contributed by atoms with E-state index in [9.17, 15) is 14.4 Å². The second-order valence-corrected chi connectivity index (χ2v) is 6.92. The van der Waals surface area contributed by atoms with Crippen molar-refractivity contribution in [2.75, 3.05) is 0 Å². The molecule has 6 heteroatoms. The van der Waals surface area contributed by atoms with Gasteiger partial charge < -0.3 is 14.3 Å². The molecule has 0 saturated heterocycles. The Bertz CT molecular complexity index is 351. The monoisotopic (exact) mass is 301 g/mol. The Labute approximate surface area is 126 Å². The van der Waals surface area contributed by atoms with Crippen LogP contribution in [0.3, 0.4) is 0 Å². The predicted molar refractivity (Wildman–Crippen MR) is 79.1 cm³/mol. The van der Waals surface area contributed by atoms with Crippen LogP contribution in [-0.4, -0.2) is 40.6 Å². The zero-order chi connectivity index (χ0) is 16.8. The number of carbonyl (C=O) groups is 3. The van der Waals surface area contributed by atoms with E-state index in [4.69, 9.17) is 9.47 Å². The van der Waals surface area contributed by atoms with Crippen molar-refractivity contribution in [3.05, 3.63) is 0 Å². The Balaban J connectivity index is 5.12. The Kier molecular flexibility index (Phi) is 6.86. The predicted octanol–water partition coefficient (Wildman–Crippen LogP) is 3.53. The summed E-state index contributed by atoms with van der Waals surface area (Å²) in [6, 6.07) is -0.486. The maximum absolute atomic E-state index is 12.2. The van der Waals surface area contributed by atoms with Crippen molar-refractivity contribution in [2.45, 2.75) is 78.6 Å². The number of hydrogen-bond acceptors (Lipinski definition) is 5. The maximum Gasteiger partial charge on any atom is 0.420 e. The molecule has 21 heavy (non-hydrogen) atoms. The molecule has 0 fully saturated rings. The molecule has 0 bridgehead atoms. The summed E-state index contributed by atoms with van der Waals surface area (Å²) >= 11 is 0. The first-order chi connectivity index (χ1) is 9.37. The summed E-state index contributed by atoms with van der Waals surface area (Å²) in [5.74, 6) is 0. The third kappa shape index (κ3) is 8.32. The molecule has 2 amide bonds. The standard InChI is InChI=1S/C15H27NO5/c1-11(9-8-10-17)16(12(18)20-14(2,3)4)13(19)21-15(5,6)7/h10-11H,8-9H2,1-7H3. The van der Waals surface area contributed by atoms with Crippen molar-refractivity contribution in [3.63, 3.8) is 0 Å². The highest BCUT2D eigenvalue weighted by Crippen LogP contribution is 2.18. The van der Waals surface area contributed by atoms with E-state index in [-0.39, 0.29) is 6.42 Å². The van der Waals surface area contributed by atoms with Gasteiger partial charge in [0.2, 0.25) is 0 Å². The number of aldehydes is 1. The molecule has 0 N–H and O–H groups in total. The average molecular weight is 301 g/mol. The number of ether oxygens (including phenoxy) is 2. The summed E-state index contributed by atoms with van der Waals surface area (Å²) in [4.78, 5) is 35.8. The molecule has 6 nitrogen and oxygen atoms in total. The molecule has 0 rings (SSSR count). The zero-order valence-electron chi connectivity index (χ0n) is 14.1. The number of carbonyl (C=O) groups excluding carboxylic acids is 3. The molecular formula is C15H27NO5. The molecule has 0 saturated carbocycles. The molecule has 0 aliphatic rings. The zero-order valence-corrected chi connectivity index (χ0v) is 14.1. The van der Waals surface area contributed by atoms with Gasteiger partial charge in [-0.05, 0) is 54.9 Å².